The van der Waals surface area contributed by atoms with Gasteiger partial charge in [0.2, 0.25) is 23.6 Å². The van der Waals surface area contributed by atoms with Crippen LogP contribution >= 0.6 is 11.8 Å². The van der Waals surface area contributed by atoms with Crippen molar-refractivity contribution in [2.75, 3.05) is 18.6 Å². The fourth-order valence-corrected chi connectivity index (χ4v) is 2.99. The van der Waals surface area contributed by atoms with E-state index in [0.717, 1.165) is 0 Å². The first kappa shape index (κ1) is 28.6. The van der Waals surface area contributed by atoms with Gasteiger partial charge in [-0.05, 0) is 30.8 Å². The highest BCUT2D eigenvalue weighted by molar-refractivity contribution is 7.98. The Bertz CT molecular complexity index is 647. The zero-order valence-corrected chi connectivity index (χ0v) is 18.7. The van der Waals surface area contributed by atoms with E-state index in [9.17, 15) is 34.2 Å². The van der Waals surface area contributed by atoms with Crippen molar-refractivity contribution in [1.29, 1.82) is 0 Å². The van der Waals surface area contributed by atoms with E-state index in [-0.39, 0.29) is 18.8 Å². The van der Waals surface area contributed by atoms with E-state index in [1.54, 1.807) is 20.1 Å². The molecule has 0 fully saturated rings. The van der Waals surface area contributed by atoms with Crippen molar-refractivity contribution >= 4 is 41.4 Å². The molecule has 0 heterocycles. The fourth-order valence-electron chi connectivity index (χ4n) is 2.52. The zero-order valence-electron chi connectivity index (χ0n) is 17.9. The number of carboxylic acids is 1. The number of hydrogen-bond donors (Lipinski definition) is 7. The molecule has 31 heavy (non-hydrogen) atoms. The molecule has 0 spiro atoms. The summed E-state index contributed by atoms with van der Waals surface area (Å²) in [6, 6.07) is -4.94. The molecule has 0 rings (SSSR count). The molecule has 9 N–H and O–H groups in total. The number of amides is 4. The summed E-state index contributed by atoms with van der Waals surface area (Å²) >= 11 is 1.41. The van der Waals surface area contributed by atoms with Crippen molar-refractivity contribution < 1.29 is 34.2 Å². The van der Waals surface area contributed by atoms with Crippen LogP contribution in [-0.4, -0.2) is 82.6 Å². The normalized spacial score (nSPS) is 14.8. The molecule has 0 aromatic rings. The number of hydrogen-bond acceptors (Lipinski definition) is 8. The second kappa shape index (κ2) is 14.6. The lowest BCUT2D eigenvalue weighted by molar-refractivity contribution is -0.142. The summed E-state index contributed by atoms with van der Waals surface area (Å²) in [6.07, 6.45) is 1.73. The van der Waals surface area contributed by atoms with Gasteiger partial charge in [0.1, 0.15) is 18.1 Å². The third-order valence-electron chi connectivity index (χ3n) is 4.14. The minimum absolute atomic E-state index is 0.0345. The Hall–Kier alpha value is -2.38. The second-order valence-corrected chi connectivity index (χ2v) is 8.38. The van der Waals surface area contributed by atoms with Crippen LogP contribution in [0.2, 0.25) is 0 Å². The lowest BCUT2D eigenvalue weighted by Crippen LogP contribution is -2.58. The summed E-state index contributed by atoms with van der Waals surface area (Å²) in [5.74, 6) is -3.97. The van der Waals surface area contributed by atoms with E-state index < -0.39 is 66.8 Å². The first-order valence-corrected chi connectivity index (χ1v) is 11.1. The van der Waals surface area contributed by atoms with Crippen molar-refractivity contribution in [1.82, 2.24) is 16.0 Å². The van der Waals surface area contributed by atoms with Crippen molar-refractivity contribution in [2.45, 2.75) is 57.3 Å². The standard InChI is InChI=1S/C18H33N5O7S/c1-9(2)6-12(22-15(26)10(19)7-14(20)25)16(27)23-13(8-24)17(28)21-11(18(29)30)4-5-31-3/h9-13,24H,4-8,19H2,1-3H3,(H2,20,25)(H,21,28)(H,22,26)(H,23,27)(H,29,30). The largest absolute Gasteiger partial charge is 0.480 e. The van der Waals surface area contributed by atoms with Crippen LogP contribution < -0.4 is 27.4 Å². The molecule has 0 aromatic carbocycles. The minimum Gasteiger partial charge on any atom is -0.480 e. The number of carbonyl (C=O) groups is 5. The SMILES string of the molecule is CSCCC(NC(=O)C(CO)NC(=O)C(CC(C)C)NC(=O)C(N)CC(N)=O)C(=O)O. The van der Waals surface area contributed by atoms with E-state index in [4.69, 9.17) is 11.5 Å². The molecule has 13 heteroatoms. The van der Waals surface area contributed by atoms with Crippen LogP contribution in [-0.2, 0) is 24.0 Å². The maximum Gasteiger partial charge on any atom is 0.326 e. The molecule has 0 radical (unpaired) electrons. The molecular weight excluding hydrogens is 430 g/mol. The molecule has 0 aromatic heterocycles. The topological polar surface area (TPSA) is 214 Å². The molecule has 0 aliphatic heterocycles. The number of carboxylic acid groups (broad SMARTS) is 1. The first-order chi connectivity index (χ1) is 14.4. The zero-order chi connectivity index (χ0) is 24.1. The Balaban J connectivity index is 5.21. The first-order valence-electron chi connectivity index (χ1n) is 9.70. The van der Waals surface area contributed by atoms with Gasteiger partial charge >= 0.3 is 5.97 Å². The van der Waals surface area contributed by atoms with Crippen LogP contribution in [0.1, 0.15) is 33.1 Å². The number of nitrogens with two attached hydrogens (primary N) is 2. The van der Waals surface area contributed by atoms with Crippen molar-refractivity contribution in [3.63, 3.8) is 0 Å². The lowest BCUT2D eigenvalue weighted by Gasteiger charge is -2.25. The van der Waals surface area contributed by atoms with Crippen LogP contribution in [0.15, 0.2) is 0 Å². The highest BCUT2D eigenvalue weighted by Gasteiger charge is 2.30. The average molecular weight is 464 g/mol. The van der Waals surface area contributed by atoms with Crippen LogP contribution in [0.4, 0.5) is 0 Å². The van der Waals surface area contributed by atoms with E-state index in [2.05, 4.69) is 16.0 Å². The van der Waals surface area contributed by atoms with Gasteiger partial charge in [-0.2, -0.15) is 11.8 Å². The van der Waals surface area contributed by atoms with Crippen LogP contribution in [0.5, 0.6) is 0 Å². The Kier molecular flexibility index (Phi) is 13.5. The Labute approximate surface area is 185 Å². The smallest absolute Gasteiger partial charge is 0.326 e. The molecule has 4 atom stereocenters. The molecule has 4 unspecified atom stereocenters. The van der Waals surface area contributed by atoms with Crippen LogP contribution in [0.3, 0.4) is 0 Å². The number of aliphatic carboxylic acids is 1. The molecule has 0 saturated carbocycles. The van der Waals surface area contributed by atoms with Gasteiger partial charge in [0, 0.05) is 0 Å². The Morgan fingerprint density at radius 1 is 0.935 bits per heavy atom. The van der Waals surface area contributed by atoms with Crippen LogP contribution in [0.25, 0.3) is 0 Å². The van der Waals surface area contributed by atoms with Gasteiger partial charge < -0.3 is 37.6 Å². The van der Waals surface area contributed by atoms with Crippen molar-refractivity contribution in [3.05, 3.63) is 0 Å². The monoisotopic (exact) mass is 463 g/mol. The number of thioether (sulfide) groups is 1. The van der Waals surface area contributed by atoms with Crippen molar-refractivity contribution in [2.24, 2.45) is 17.4 Å². The number of nitrogens with one attached hydrogen (secondary N) is 3. The summed E-state index contributed by atoms with van der Waals surface area (Å²) in [7, 11) is 0. The predicted molar refractivity (Wildman–Crippen MR) is 115 cm³/mol. The number of carbonyl (C=O) groups excluding carboxylic acids is 4. The third-order valence-corrected chi connectivity index (χ3v) is 4.78. The van der Waals surface area contributed by atoms with E-state index in [0.29, 0.717) is 5.75 Å². The van der Waals surface area contributed by atoms with Gasteiger partial charge in [0.25, 0.3) is 0 Å². The Morgan fingerprint density at radius 2 is 1.45 bits per heavy atom. The van der Waals surface area contributed by atoms with Gasteiger partial charge in [0.15, 0.2) is 0 Å². The summed E-state index contributed by atoms with van der Waals surface area (Å²) in [6.45, 7) is 2.82. The minimum atomic E-state index is -1.42. The van der Waals surface area contributed by atoms with Gasteiger partial charge in [-0.25, -0.2) is 4.79 Å². The van der Waals surface area contributed by atoms with Gasteiger partial charge in [-0.15, -0.1) is 0 Å². The lowest BCUT2D eigenvalue weighted by atomic mass is 10.0. The molecule has 12 nitrogen and oxygen atoms in total. The summed E-state index contributed by atoms with van der Waals surface area (Å²) < 4.78 is 0. The number of primary amides is 1. The molecule has 4 amide bonds. The average Bonchev–Trinajstić information content (AvgIpc) is 2.66. The van der Waals surface area contributed by atoms with Crippen molar-refractivity contribution in [3.8, 4) is 0 Å². The number of aliphatic hydroxyl groups excluding tert-OH is 1. The molecule has 0 bridgehead atoms. The van der Waals surface area contributed by atoms with Gasteiger partial charge in [-0.1, -0.05) is 13.8 Å². The fraction of sp³-hybridized carbons (Fsp3) is 0.722. The Morgan fingerprint density at radius 3 is 1.90 bits per heavy atom. The summed E-state index contributed by atoms with van der Waals surface area (Å²) in [5.41, 5.74) is 10.6. The maximum atomic E-state index is 12.7. The quantitative estimate of drug-likeness (QED) is 0.137. The van der Waals surface area contributed by atoms with Gasteiger partial charge in [-0.3, -0.25) is 19.2 Å². The molecule has 178 valence electrons. The molecule has 0 saturated heterocycles. The molecule has 0 aliphatic rings. The van der Waals surface area contributed by atoms with E-state index in [1.807, 2.05) is 0 Å². The molecular formula is C18H33N5O7S. The highest BCUT2D eigenvalue weighted by atomic mass is 32.2. The van der Waals surface area contributed by atoms with E-state index in [1.165, 1.54) is 11.8 Å². The van der Waals surface area contributed by atoms with Gasteiger partial charge in [0.05, 0.1) is 19.1 Å². The third kappa shape index (κ3) is 11.5. The summed E-state index contributed by atoms with van der Waals surface area (Å²) in [4.78, 5) is 59.4. The van der Waals surface area contributed by atoms with Crippen LogP contribution in [0, 0.1) is 5.92 Å². The predicted octanol–water partition coefficient (Wildman–Crippen LogP) is -2.48. The summed E-state index contributed by atoms with van der Waals surface area (Å²) in [5, 5.41) is 25.7. The number of rotatable bonds is 15. The van der Waals surface area contributed by atoms with E-state index >= 15 is 0 Å². The second-order valence-electron chi connectivity index (χ2n) is 7.39. The number of aliphatic hydroxyl groups is 1. The maximum absolute atomic E-state index is 12.7. The highest BCUT2D eigenvalue weighted by Crippen LogP contribution is 2.07. The molecule has 0 aliphatic carbocycles.